The van der Waals surface area contributed by atoms with Crippen molar-refractivity contribution in [2.75, 3.05) is 13.7 Å². The molecule has 2 saturated carbocycles. The van der Waals surface area contributed by atoms with Gasteiger partial charge in [0.25, 0.3) is 15.9 Å². The lowest BCUT2D eigenvalue weighted by atomic mass is 9.88. The van der Waals surface area contributed by atoms with Crippen LogP contribution in [0.25, 0.3) is 10.8 Å². The minimum absolute atomic E-state index is 0.0202. The molecule has 2 aliphatic carbocycles. The molecule has 4 amide bonds. The van der Waals surface area contributed by atoms with E-state index < -0.39 is 74.1 Å². The molecule has 4 aliphatic rings. The monoisotopic (exact) mass is 771 g/mol. The fourth-order valence-corrected chi connectivity index (χ4v) is 8.73. The Hall–Kier alpha value is -4.47. The summed E-state index contributed by atoms with van der Waals surface area (Å²) in [7, 11) is -3.13. The zero-order valence-corrected chi connectivity index (χ0v) is 32.3. The summed E-state index contributed by atoms with van der Waals surface area (Å²) in [6.45, 7) is 8.97. The molecule has 2 aliphatic heterocycles. The van der Waals surface area contributed by atoms with Crippen molar-refractivity contribution < 1.29 is 46.2 Å². The Kier molecular flexibility index (Phi) is 10.6. The highest BCUT2D eigenvalue weighted by atomic mass is 32.2. The Balaban J connectivity index is 1.35. The van der Waals surface area contributed by atoms with Gasteiger partial charge in [0.15, 0.2) is 0 Å². The van der Waals surface area contributed by atoms with Gasteiger partial charge in [-0.1, -0.05) is 44.2 Å². The lowest BCUT2D eigenvalue weighted by molar-refractivity contribution is -0.142. The van der Waals surface area contributed by atoms with Crippen molar-refractivity contribution in [3.63, 3.8) is 0 Å². The first-order valence-corrected chi connectivity index (χ1v) is 20.0. The van der Waals surface area contributed by atoms with Crippen molar-refractivity contribution in [2.45, 2.75) is 114 Å². The quantitative estimate of drug-likeness (QED) is 0.344. The number of nitrogens with one attached hydrogen (secondary N) is 3. The minimum Gasteiger partial charge on any atom is -0.494 e. The van der Waals surface area contributed by atoms with E-state index in [1.807, 2.05) is 48.9 Å². The van der Waals surface area contributed by atoms with Gasteiger partial charge in [0.1, 0.15) is 35.1 Å². The van der Waals surface area contributed by atoms with E-state index in [-0.39, 0.29) is 49.9 Å². The van der Waals surface area contributed by atoms with Gasteiger partial charge in [-0.15, -0.1) is 0 Å². The van der Waals surface area contributed by atoms with Crippen molar-refractivity contribution in [3.8, 4) is 11.6 Å². The number of alkyl carbamates (subject to hydrolysis) is 1. The molecule has 1 saturated heterocycles. The number of carbonyl (C=O) groups is 4. The van der Waals surface area contributed by atoms with Crippen LogP contribution >= 0.6 is 0 Å². The summed E-state index contributed by atoms with van der Waals surface area (Å²) in [5, 5.41) is 4.41. The number of nitrogens with zero attached hydrogens (tertiary/aromatic N) is 2. The molecule has 7 atom stereocenters. The number of amides is 4. The Morgan fingerprint density at radius 3 is 2.46 bits per heavy atom. The molecule has 3 heterocycles. The van der Waals surface area contributed by atoms with Crippen LogP contribution in [0.4, 0.5) is 9.18 Å². The van der Waals surface area contributed by atoms with Crippen molar-refractivity contribution in [1.29, 1.82) is 0 Å². The van der Waals surface area contributed by atoms with Crippen molar-refractivity contribution in [1.82, 2.24) is 25.2 Å². The van der Waals surface area contributed by atoms with Crippen LogP contribution in [-0.2, 0) is 29.1 Å². The number of ether oxygens (including phenoxy) is 3. The summed E-state index contributed by atoms with van der Waals surface area (Å²) < 4.78 is 59.7. The number of hydrogen-bond acceptors (Lipinski definition) is 10. The first-order chi connectivity index (χ1) is 25.4. The zero-order chi connectivity index (χ0) is 39.2. The summed E-state index contributed by atoms with van der Waals surface area (Å²) in [6.07, 6.45) is 5.13. The van der Waals surface area contributed by atoms with Crippen LogP contribution in [0.3, 0.4) is 0 Å². The second-order valence-electron chi connectivity index (χ2n) is 16.2. The first-order valence-electron chi connectivity index (χ1n) is 18.5. The van der Waals surface area contributed by atoms with Gasteiger partial charge in [0.05, 0.1) is 19.9 Å². The number of allylic oxidation sites excluding steroid dienone is 1. The van der Waals surface area contributed by atoms with Crippen LogP contribution in [0.15, 0.2) is 42.6 Å². The van der Waals surface area contributed by atoms with Crippen LogP contribution in [0.5, 0.6) is 11.6 Å². The number of alkyl halides is 1. The number of aromatic nitrogens is 1. The van der Waals surface area contributed by atoms with E-state index in [1.54, 1.807) is 26.8 Å². The number of hydrogen-bond donors (Lipinski definition) is 3. The fraction of sp³-hybridized carbons (Fsp3) is 0.605. The molecule has 294 valence electrons. The van der Waals surface area contributed by atoms with E-state index in [4.69, 9.17) is 14.2 Å². The summed E-state index contributed by atoms with van der Waals surface area (Å²) in [5.74, 6) is -2.36. The van der Waals surface area contributed by atoms with Gasteiger partial charge in [-0.25, -0.2) is 27.3 Å². The maximum absolute atomic E-state index is 14.8. The molecule has 54 heavy (non-hydrogen) atoms. The number of rotatable bonds is 7. The largest absolute Gasteiger partial charge is 0.494 e. The summed E-state index contributed by atoms with van der Waals surface area (Å²) >= 11 is 0. The molecule has 14 nitrogen and oxygen atoms in total. The number of sulfonamides is 1. The topological polar surface area (TPSA) is 182 Å². The third kappa shape index (κ3) is 8.13. The SMILES string of the molecule is COc1cnc(O[C@@H]2C[C@H]3C(=O)N[C@]4(C(=O)NS(=O)(=O)C5(F)CC5)C[C@H]4/C=C\CCC(C)C[C@@H](C)[C@H](NC(=O)OC(C)(C)C)C(=O)N3C2)c2ccccc12. The molecule has 3 fully saturated rings. The molecule has 3 N–H and O–H groups in total. The van der Waals surface area contributed by atoms with Gasteiger partial charge in [-0.05, 0) is 64.4 Å². The molecule has 0 radical (unpaired) electrons. The third-order valence-corrected chi connectivity index (χ3v) is 12.5. The van der Waals surface area contributed by atoms with E-state index in [2.05, 4.69) is 15.6 Å². The maximum Gasteiger partial charge on any atom is 0.408 e. The standard InChI is InChI=1S/C38H50FN5O9S/c1-22-11-7-8-12-24-19-38(24,34(47)43-54(49,50)37(39)15-16-37)42-31(45)28-18-25(52-32-27-14-10-9-13-26(27)29(51-6)20-40-32)21-44(28)33(46)30(23(2)17-22)41-35(48)53-36(3,4)5/h8-10,12-14,20,22-25,28,30H,7,11,15-19,21H2,1-6H3,(H,41,48)(H,42,45)(H,43,47)/b12-8-/t22?,23-,24-,25-,28+,30+,38-/m1/s1. The molecule has 0 bridgehead atoms. The van der Waals surface area contributed by atoms with Crippen LogP contribution in [-0.4, -0.2) is 90.1 Å². The van der Waals surface area contributed by atoms with Gasteiger partial charge in [0, 0.05) is 36.0 Å². The second kappa shape index (κ2) is 14.6. The summed E-state index contributed by atoms with van der Waals surface area (Å²) in [5.41, 5.74) is -2.54. The molecule has 1 aromatic heterocycles. The predicted molar refractivity (Wildman–Crippen MR) is 196 cm³/mol. The fourth-order valence-electron chi connectivity index (χ4n) is 7.48. The smallest absolute Gasteiger partial charge is 0.408 e. The molecule has 6 rings (SSSR count). The molecule has 2 aromatic rings. The minimum atomic E-state index is -4.66. The van der Waals surface area contributed by atoms with Crippen LogP contribution in [0.2, 0.25) is 0 Å². The number of fused-ring (bicyclic) bond motifs is 3. The lowest BCUT2D eigenvalue weighted by Crippen LogP contribution is -2.59. The van der Waals surface area contributed by atoms with E-state index in [1.165, 1.54) is 18.2 Å². The van der Waals surface area contributed by atoms with Crippen molar-refractivity contribution in [3.05, 3.63) is 42.6 Å². The third-order valence-electron chi connectivity index (χ3n) is 10.7. The molecule has 1 unspecified atom stereocenters. The normalized spacial score (nSPS) is 30.4. The number of pyridine rings is 1. The Bertz CT molecular complexity index is 1950. The van der Waals surface area contributed by atoms with E-state index >= 15 is 0 Å². The highest BCUT2D eigenvalue weighted by Gasteiger charge is 2.64. The van der Waals surface area contributed by atoms with Gasteiger partial charge in [0.2, 0.25) is 22.7 Å². The lowest BCUT2D eigenvalue weighted by Gasteiger charge is -2.33. The average Bonchev–Trinajstić information content (AvgIpc) is 3.98. The highest BCUT2D eigenvalue weighted by molar-refractivity contribution is 7.91. The highest BCUT2D eigenvalue weighted by Crippen LogP contribution is 2.48. The first kappa shape index (κ1) is 39.2. The molecular weight excluding hydrogens is 722 g/mol. The Labute approximate surface area is 315 Å². The van der Waals surface area contributed by atoms with Crippen molar-refractivity contribution in [2.24, 2.45) is 17.8 Å². The Morgan fingerprint density at radius 1 is 1.09 bits per heavy atom. The summed E-state index contributed by atoms with van der Waals surface area (Å²) in [6, 6.07) is 5.04. The maximum atomic E-state index is 14.8. The number of halogens is 1. The zero-order valence-electron chi connectivity index (χ0n) is 31.5. The van der Waals surface area contributed by atoms with Crippen molar-refractivity contribution >= 4 is 44.6 Å². The van der Waals surface area contributed by atoms with E-state index in [9.17, 15) is 32.0 Å². The van der Waals surface area contributed by atoms with Gasteiger partial charge >= 0.3 is 6.09 Å². The average molecular weight is 772 g/mol. The van der Waals surface area contributed by atoms with Crippen LogP contribution in [0.1, 0.15) is 79.6 Å². The van der Waals surface area contributed by atoms with Crippen LogP contribution in [0, 0.1) is 17.8 Å². The van der Waals surface area contributed by atoms with Gasteiger partial charge in [-0.2, -0.15) is 0 Å². The number of methoxy groups -OCH3 is 1. The molecule has 0 spiro atoms. The number of benzene rings is 1. The second-order valence-corrected chi connectivity index (χ2v) is 18.1. The molecule has 16 heteroatoms. The molecular formula is C38H50FN5O9S. The van der Waals surface area contributed by atoms with Crippen LogP contribution < -0.4 is 24.8 Å². The van der Waals surface area contributed by atoms with E-state index in [0.29, 0.717) is 24.0 Å². The van der Waals surface area contributed by atoms with Gasteiger partial charge < -0.3 is 29.7 Å². The van der Waals surface area contributed by atoms with E-state index in [0.717, 1.165) is 11.8 Å². The van der Waals surface area contributed by atoms with Gasteiger partial charge in [-0.3, -0.25) is 14.4 Å². The molecule has 1 aromatic carbocycles. The summed E-state index contributed by atoms with van der Waals surface area (Å²) in [4.78, 5) is 61.8. The Morgan fingerprint density at radius 2 is 1.80 bits per heavy atom. The number of carbonyl (C=O) groups excluding carboxylic acids is 4. The predicted octanol–water partition coefficient (Wildman–Crippen LogP) is 4.28.